The fourth-order valence-corrected chi connectivity index (χ4v) is 2.88. The summed E-state index contributed by atoms with van der Waals surface area (Å²) in [6.45, 7) is 1.99. The fourth-order valence-electron chi connectivity index (χ4n) is 2.68. The first-order valence-corrected chi connectivity index (χ1v) is 6.48. The van der Waals surface area contributed by atoms with Gasteiger partial charge in [0.15, 0.2) is 0 Å². The van der Waals surface area contributed by atoms with Crippen molar-refractivity contribution in [2.24, 2.45) is 0 Å². The van der Waals surface area contributed by atoms with Gasteiger partial charge in [0.2, 0.25) is 0 Å². The first-order valence-electron chi connectivity index (χ1n) is 6.11. The van der Waals surface area contributed by atoms with E-state index in [1.54, 1.807) is 0 Å². The van der Waals surface area contributed by atoms with Crippen LogP contribution < -0.4 is 0 Å². The van der Waals surface area contributed by atoms with Crippen LogP contribution in [0.1, 0.15) is 22.6 Å². The number of halogens is 1. The SMILES string of the molecule is CN1Cc2cc(Cl)ccc2C(c2cccnc2)C1. The Morgan fingerprint density at radius 1 is 1.33 bits per heavy atom. The Kier molecular flexibility index (Phi) is 3.06. The molecule has 0 aliphatic carbocycles. The van der Waals surface area contributed by atoms with E-state index in [4.69, 9.17) is 11.6 Å². The summed E-state index contributed by atoms with van der Waals surface area (Å²) >= 11 is 6.09. The monoisotopic (exact) mass is 258 g/mol. The van der Waals surface area contributed by atoms with Crippen LogP contribution >= 0.6 is 11.6 Å². The van der Waals surface area contributed by atoms with E-state index >= 15 is 0 Å². The Bertz CT molecular complexity index is 554. The van der Waals surface area contributed by atoms with Gasteiger partial charge in [0.25, 0.3) is 0 Å². The number of pyridine rings is 1. The fraction of sp³-hybridized carbons (Fsp3) is 0.267. The topological polar surface area (TPSA) is 16.1 Å². The summed E-state index contributed by atoms with van der Waals surface area (Å²) in [6, 6.07) is 10.4. The van der Waals surface area contributed by atoms with E-state index in [1.807, 2.05) is 24.5 Å². The lowest BCUT2D eigenvalue weighted by Crippen LogP contribution is -2.30. The number of benzene rings is 1. The van der Waals surface area contributed by atoms with Crippen molar-refractivity contribution in [3.05, 3.63) is 64.4 Å². The minimum atomic E-state index is 0.393. The van der Waals surface area contributed by atoms with Gasteiger partial charge in [0, 0.05) is 36.4 Å². The smallest absolute Gasteiger partial charge is 0.0409 e. The minimum absolute atomic E-state index is 0.393. The van der Waals surface area contributed by atoms with Crippen LogP contribution in [0.25, 0.3) is 0 Å². The summed E-state index contributed by atoms with van der Waals surface area (Å²) in [5.41, 5.74) is 3.98. The van der Waals surface area contributed by atoms with Gasteiger partial charge in [-0.3, -0.25) is 4.98 Å². The molecule has 1 atom stereocenters. The third kappa shape index (κ3) is 2.14. The van der Waals surface area contributed by atoms with Crippen molar-refractivity contribution in [2.75, 3.05) is 13.6 Å². The van der Waals surface area contributed by atoms with Gasteiger partial charge in [-0.25, -0.2) is 0 Å². The van der Waals surface area contributed by atoms with Gasteiger partial charge in [0.05, 0.1) is 0 Å². The summed E-state index contributed by atoms with van der Waals surface area (Å²) in [5.74, 6) is 0.393. The van der Waals surface area contributed by atoms with Gasteiger partial charge in [-0.05, 0) is 41.9 Å². The van der Waals surface area contributed by atoms with Crippen LogP contribution in [-0.4, -0.2) is 23.5 Å². The maximum absolute atomic E-state index is 6.09. The van der Waals surface area contributed by atoms with Gasteiger partial charge < -0.3 is 4.90 Å². The molecule has 92 valence electrons. The zero-order chi connectivity index (χ0) is 12.5. The number of hydrogen-bond donors (Lipinski definition) is 0. The molecule has 2 heterocycles. The van der Waals surface area contributed by atoms with Crippen LogP contribution in [0.5, 0.6) is 0 Å². The summed E-state index contributed by atoms with van der Waals surface area (Å²) in [7, 11) is 2.15. The second-order valence-electron chi connectivity index (χ2n) is 4.88. The number of rotatable bonds is 1. The Morgan fingerprint density at radius 2 is 2.22 bits per heavy atom. The summed E-state index contributed by atoms with van der Waals surface area (Å²) < 4.78 is 0. The summed E-state index contributed by atoms with van der Waals surface area (Å²) in [6.07, 6.45) is 3.78. The second-order valence-corrected chi connectivity index (χ2v) is 5.32. The predicted octanol–water partition coefficient (Wildman–Crippen LogP) is 3.31. The average molecular weight is 259 g/mol. The second kappa shape index (κ2) is 4.71. The van der Waals surface area contributed by atoms with Crippen LogP contribution in [0.4, 0.5) is 0 Å². The number of hydrogen-bond acceptors (Lipinski definition) is 2. The molecule has 0 radical (unpaired) electrons. The van der Waals surface area contributed by atoms with Gasteiger partial charge in [0.1, 0.15) is 0 Å². The molecule has 1 unspecified atom stereocenters. The first-order chi connectivity index (χ1) is 8.74. The molecule has 3 rings (SSSR count). The Labute approximate surface area is 112 Å². The third-order valence-electron chi connectivity index (χ3n) is 3.50. The molecule has 0 amide bonds. The molecule has 2 nitrogen and oxygen atoms in total. The normalized spacial score (nSPS) is 19.6. The molecule has 0 N–H and O–H groups in total. The van der Waals surface area contributed by atoms with E-state index in [1.165, 1.54) is 16.7 Å². The van der Waals surface area contributed by atoms with Crippen LogP contribution in [0.2, 0.25) is 5.02 Å². The van der Waals surface area contributed by atoms with E-state index in [2.05, 4.69) is 35.1 Å². The molecule has 3 heteroatoms. The van der Waals surface area contributed by atoms with Crippen LogP contribution in [0.3, 0.4) is 0 Å². The molecule has 1 aromatic heterocycles. The van der Waals surface area contributed by atoms with Crippen molar-refractivity contribution in [2.45, 2.75) is 12.5 Å². The number of likely N-dealkylation sites (N-methyl/N-ethyl adjacent to an activating group) is 1. The van der Waals surface area contributed by atoms with Crippen LogP contribution in [0.15, 0.2) is 42.7 Å². The van der Waals surface area contributed by atoms with E-state index in [-0.39, 0.29) is 0 Å². The zero-order valence-corrected chi connectivity index (χ0v) is 11.1. The molecular weight excluding hydrogens is 244 g/mol. The van der Waals surface area contributed by atoms with Crippen molar-refractivity contribution in [3.63, 3.8) is 0 Å². The zero-order valence-electron chi connectivity index (χ0n) is 10.3. The number of fused-ring (bicyclic) bond motifs is 1. The third-order valence-corrected chi connectivity index (χ3v) is 3.74. The van der Waals surface area contributed by atoms with Crippen molar-refractivity contribution in [1.29, 1.82) is 0 Å². The molecule has 1 aliphatic rings. The molecule has 0 fully saturated rings. The summed E-state index contributed by atoms with van der Waals surface area (Å²) in [4.78, 5) is 6.56. The lowest BCUT2D eigenvalue weighted by Gasteiger charge is -2.32. The molecule has 0 saturated carbocycles. The maximum Gasteiger partial charge on any atom is 0.0409 e. The first kappa shape index (κ1) is 11.7. The molecule has 0 bridgehead atoms. The van der Waals surface area contributed by atoms with Crippen LogP contribution in [-0.2, 0) is 6.54 Å². The highest BCUT2D eigenvalue weighted by Gasteiger charge is 2.24. The maximum atomic E-state index is 6.09. The van der Waals surface area contributed by atoms with Gasteiger partial charge in [-0.2, -0.15) is 0 Å². The highest BCUT2D eigenvalue weighted by atomic mass is 35.5. The van der Waals surface area contributed by atoms with E-state index in [0.29, 0.717) is 5.92 Å². The minimum Gasteiger partial charge on any atom is -0.301 e. The Hall–Kier alpha value is -1.38. The molecule has 2 aromatic rings. The number of nitrogens with zero attached hydrogens (tertiary/aromatic N) is 2. The van der Waals surface area contributed by atoms with Gasteiger partial charge >= 0.3 is 0 Å². The molecule has 1 aliphatic heterocycles. The van der Waals surface area contributed by atoms with Gasteiger partial charge in [-0.15, -0.1) is 0 Å². The predicted molar refractivity (Wildman–Crippen MR) is 73.9 cm³/mol. The molecule has 18 heavy (non-hydrogen) atoms. The average Bonchev–Trinajstić information content (AvgIpc) is 2.38. The van der Waals surface area contributed by atoms with E-state index in [0.717, 1.165) is 18.1 Å². The molecular formula is C15H15ClN2. The molecule has 1 aromatic carbocycles. The van der Waals surface area contributed by atoms with Crippen LogP contribution in [0, 0.1) is 0 Å². The lowest BCUT2D eigenvalue weighted by molar-refractivity contribution is 0.295. The number of aromatic nitrogens is 1. The summed E-state index contributed by atoms with van der Waals surface area (Å²) in [5, 5.41) is 0.814. The highest BCUT2D eigenvalue weighted by Crippen LogP contribution is 2.33. The lowest BCUT2D eigenvalue weighted by atomic mass is 9.85. The van der Waals surface area contributed by atoms with Gasteiger partial charge in [-0.1, -0.05) is 23.7 Å². The molecule has 0 spiro atoms. The van der Waals surface area contributed by atoms with E-state index in [9.17, 15) is 0 Å². The van der Waals surface area contributed by atoms with Crippen molar-refractivity contribution in [1.82, 2.24) is 9.88 Å². The molecule has 0 saturated heterocycles. The van der Waals surface area contributed by atoms with Crippen molar-refractivity contribution >= 4 is 11.6 Å². The highest BCUT2D eigenvalue weighted by molar-refractivity contribution is 6.30. The quantitative estimate of drug-likeness (QED) is 0.780. The van der Waals surface area contributed by atoms with Crippen molar-refractivity contribution in [3.8, 4) is 0 Å². The standard InChI is InChI=1S/C15H15ClN2/c1-18-9-12-7-13(16)4-5-14(12)15(10-18)11-3-2-6-17-8-11/h2-8,15H,9-10H2,1H3. The van der Waals surface area contributed by atoms with Crippen molar-refractivity contribution < 1.29 is 0 Å². The largest absolute Gasteiger partial charge is 0.301 e. The Balaban J connectivity index is 2.08. The Morgan fingerprint density at radius 3 is 3.00 bits per heavy atom. The van der Waals surface area contributed by atoms with E-state index < -0.39 is 0 Å².